The third-order valence-electron chi connectivity index (χ3n) is 5.43. The van der Waals surface area contributed by atoms with E-state index in [-0.39, 0.29) is 16.9 Å². The highest BCUT2D eigenvalue weighted by Crippen LogP contribution is 2.47. The Balaban J connectivity index is 2.17. The molecule has 162 valence electrons. The second kappa shape index (κ2) is 9.10. The Hall–Kier alpha value is -2.51. The zero-order valence-electron chi connectivity index (χ0n) is 17.5. The summed E-state index contributed by atoms with van der Waals surface area (Å²) >= 11 is 6.47. The number of carboxylic acid groups (broad SMARTS) is 1. The monoisotopic (exact) mass is 435 g/mol. The van der Waals surface area contributed by atoms with Crippen LogP contribution >= 0.6 is 11.6 Å². The number of aromatic carboxylic acids is 1. The first-order chi connectivity index (χ1) is 14.3. The summed E-state index contributed by atoms with van der Waals surface area (Å²) in [7, 11) is 3.19. The highest BCUT2D eigenvalue weighted by molar-refractivity contribution is 6.34. The Morgan fingerprint density at radius 3 is 2.60 bits per heavy atom. The van der Waals surface area contributed by atoms with E-state index >= 15 is 0 Å². The molecule has 1 aliphatic rings. The van der Waals surface area contributed by atoms with Crippen LogP contribution in [0.3, 0.4) is 0 Å². The SMILES string of the molecule is COCCCOc1cc2c(cc1OC)-c1[nH]c(=O)c(C(=O)O)c(Cl)c1C(C(C)C)C2. The second-order valence-corrected chi connectivity index (χ2v) is 8.02. The lowest BCUT2D eigenvalue weighted by atomic mass is 9.75. The van der Waals surface area contributed by atoms with Crippen molar-refractivity contribution in [3.8, 4) is 22.8 Å². The summed E-state index contributed by atoms with van der Waals surface area (Å²) in [5, 5.41) is 9.46. The van der Waals surface area contributed by atoms with Gasteiger partial charge in [0, 0.05) is 25.7 Å². The van der Waals surface area contributed by atoms with E-state index < -0.39 is 17.1 Å². The smallest absolute Gasteiger partial charge is 0.342 e. The van der Waals surface area contributed by atoms with Gasteiger partial charge in [-0.05, 0) is 41.5 Å². The Labute approximate surface area is 179 Å². The molecule has 0 spiro atoms. The van der Waals surface area contributed by atoms with E-state index in [1.54, 1.807) is 14.2 Å². The molecule has 1 atom stereocenters. The van der Waals surface area contributed by atoms with Gasteiger partial charge in [0.05, 0.1) is 24.4 Å². The Morgan fingerprint density at radius 1 is 1.27 bits per heavy atom. The van der Waals surface area contributed by atoms with Crippen molar-refractivity contribution in [3.63, 3.8) is 0 Å². The van der Waals surface area contributed by atoms with Gasteiger partial charge in [0.1, 0.15) is 5.56 Å². The fraction of sp³-hybridized carbons (Fsp3) is 0.455. The topological polar surface area (TPSA) is 97.9 Å². The minimum Gasteiger partial charge on any atom is -0.493 e. The summed E-state index contributed by atoms with van der Waals surface area (Å²) in [6.45, 7) is 5.18. The summed E-state index contributed by atoms with van der Waals surface area (Å²) in [6, 6.07) is 3.74. The third-order valence-corrected chi connectivity index (χ3v) is 5.82. The summed E-state index contributed by atoms with van der Waals surface area (Å²) < 4.78 is 16.5. The molecule has 8 heteroatoms. The molecule has 0 amide bonds. The summed E-state index contributed by atoms with van der Waals surface area (Å²) in [5.41, 5.74) is 1.80. The van der Waals surface area contributed by atoms with Crippen LogP contribution in [0.25, 0.3) is 11.3 Å². The van der Waals surface area contributed by atoms with Crippen LogP contribution in [0.2, 0.25) is 5.02 Å². The van der Waals surface area contributed by atoms with Gasteiger partial charge in [-0.3, -0.25) is 4.79 Å². The van der Waals surface area contributed by atoms with Crippen LogP contribution in [-0.2, 0) is 11.2 Å². The van der Waals surface area contributed by atoms with Crippen molar-refractivity contribution in [2.75, 3.05) is 27.4 Å². The number of benzene rings is 1. The molecule has 1 aromatic heterocycles. The van der Waals surface area contributed by atoms with E-state index in [0.717, 1.165) is 17.5 Å². The molecule has 0 radical (unpaired) electrons. The number of carboxylic acids is 1. The molecule has 0 bridgehead atoms. The Kier molecular flexibility index (Phi) is 6.73. The molecular weight excluding hydrogens is 410 g/mol. The lowest BCUT2D eigenvalue weighted by Crippen LogP contribution is -2.26. The number of ether oxygens (including phenoxy) is 3. The first-order valence-electron chi connectivity index (χ1n) is 9.82. The van der Waals surface area contributed by atoms with Gasteiger partial charge >= 0.3 is 5.97 Å². The molecule has 0 saturated heterocycles. The van der Waals surface area contributed by atoms with Crippen molar-refractivity contribution < 1.29 is 24.1 Å². The van der Waals surface area contributed by atoms with Gasteiger partial charge in [-0.2, -0.15) is 0 Å². The van der Waals surface area contributed by atoms with Crippen molar-refractivity contribution >= 4 is 17.6 Å². The molecule has 30 heavy (non-hydrogen) atoms. The maximum absolute atomic E-state index is 12.5. The summed E-state index contributed by atoms with van der Waals surface area (Å²) in [6.07, 6.45) is 1.39. The van der Waals surface area contributed by atoms with Crippen LogP contribution in [0, 0.1) is 5.92 Å². The number of carbonyl (C=O) groups is 1. The van der Waals surface area contributed by atoms with E-state index in [0.29, 0.717) is 42.4 Å². The number of rotatable bonds is 8. The van der Waals surface area contributed by atoms with Crippen LogP contribution in [0.4, 0.5) is 0 Å². The van der Waals surface area contributed by atoms with Crippen LogP contribution in [-0.4, -0.2) is 43.5 Å². The van der Waals surface area contributed by atoms with Crippen molar-refractivity contribution in [1.82, 2.24) is 4.98 Å². The number of aromatic amines is 1. The highest BCUT2D eigenvalue weighted by Gasteiger charge is 2.34. The van der Waals surface area contributed by atoms with E-state index in [9.17, 15) is 14.7 Å². The molecule has 0 aliphatic heterocycles. The molecular formula is C22H26ClNO6. The van der Waals surface area contributed by atoms with Crippen molar-refractivity contribution in [2.45, 2.75) is 32.6 Å². The number of hydrogen-bond acceptors (Lipinski definition) is 5. The number of nitrogens with one attached hydrogen (secondary N) is 1. The number of H-pyrrole nitrogens is 1. The van der Waals surface area contributed by atoms with E-state index in [4.69, 9.17) is 25.8 Å². The maximum atomic E-state index is 12.5. The first kappa shape index (κ1) is 22.2. The molecule has 7 nitrogen and oxygen atoms in total. The predicted octanol–water partition coefficient (Wildman–Crippen LogP) is 4.11. The van der Waals surface area contributed by atoms with Crippen molar-refractivity contribution in [3.05, 3.63) is 44.2 Å². The molecule has 0 fully saturated rings. The average Bonchev–Trinajstić information content (AvgIpc) is 2.69. The van der Waals surface area contributed by atoms with Crippen LogP contribution in [0.1, 0.15) is 47.7 Å². The number of halogens is 1. The summed E-state index contributed by atoms with van der Waals surface area (Å²) in [5.74, 6) is -0.0668. The molecule has 1 aromatic carbocycles. The van der Waals surface area contributed by atoms with E-state index in [1.807, 2.05) is 26.0 Å². The molecule has 1 unspecified atom stereocenters. The number of aromatic nitrogens is 1. The van der Waals surface area contributed by atoms with Crippen molar-refractivity contribution in [2.24, 2.45) is 5.92 Å². The minimum absolute atomic E-state index is 0.00413. The van der Waals surface area contributed by atoms with Gasteiger partial charge in [-0.15, -0.1) is 0 Å². The zero-order valence-corrected chi connectivity index (χ0v) is 18.3. The van der Waals surface area contributed by atoms with E-state index in [2.05, 4.69) is 4.98 Å². The molecule has 3 rings (SSSR count). The molecule has 1 heterocycles. The van der Waals surface area contributed by atoms with Gasteiger partial charge in [0.25, 0.3) is 5.56 Å². The normalized spacial score (nSPS) is 14.9. The quantitative estimate of drug-likeness (QED) is 0.605. The third kappa shape index (κ3) is 4.04. The molecule has 2 aromatic rings. The highest BCUT2D eigenvalue weighted by atomic mass is 35.5. The van der Waals surface area contributed by atoms with E-state index in [1.165, 1.54) is 0 Å². The maximum Gasteiger partial charge on any atom is 0.342 e. The standard InChI is InChI=1S/C22H26ClNO6/c1-11(2)13-8-12-9-16(30-7-5-6-28-3)15(29-4)10-14(12)20-17(13)19(23)18(22(26)27)21(25)24-20/h9-11,13H,5-8H2,1-4H3,(H,24,25)(H,26,27). The Morgan fingerprint density at radius 2 is 2.00 bits per heavy atom. The van der Waals surface area contributed by atoms with Gasteiger partial charge in [-0.1, -0.05) is 25.4 Å². The minimum atomic E-state index is -1.34. The number of methoxy groups -OCH3 is 2. The largest absolute Gasteiger partial charge is 0.493 e. The lowest BCUT2D eigenvalue weighted by molar-refractivity contribution is 0.0695. The first-order valence-corrected chi connectivity index (χ1v) is 10.2. The molecule has 0 saturated carbocycles. The van der Waals surface area contributed by atoms with Gasteiger partial charge in [-0.25, -0.2) is 4.79 Å². The second-order valence-electron chi connectivity index (χ2n) is 7.65. The number of hydrogen-bond donors (Lipinski definition) is 2. The molecule has 1 aliphatic carbocycles. The predicted molar refractivity (Wildman–Crippen MR) is 114 cm³/mol. The zero-order chi connectivity index (χ0) is 22.0. The number of fused-ring (bicyclic) bond motifs is 3. The number of pyridine rings is 1. The van der Waals surface area contributed by atoms with Crippen LogP contribution < -0.4 is 15.0 Å². The fourth-order valence-corrected chi connectivity index (χ4v) is 4.31. The van der Waals surface area contributed by atoms with Crippen LogP contribution in [0.5, 0.6) is 11.5 Å². The summed E-state index contributed by atoms with van der Waals surface area (Å²) in [4.78, 5) is 26.8. The van der Waals surface area contributed by atoms with Gasteiger partial charge in [0.15, 0.2) is 11.5 Å². The van der Waals surface area contributed by atoms with Gasteiger partial charge in [0.2, 0.25) is 0 Å². The fourth-order valence-electron chi connectivity index (χ4n) is 3.91. The lowest BCUT2D eigenvalue weighted by Gasteiger charge is -2.32. The van der Waals surface area contributed by atoms with Crippen molar-refractivity contribution in [1.29, 1.82) is 0 Å². The molecule has 2 N–H and O–H groups in total. The van der Waals surface area contributed by atoms with Gasteiger partial charge < -0.3 is 24.3 Å². The van der Waals surface area contributed by atoms with Crippen LogP contribution in [0.15, 0.2) is 16.9 Å². The average molecular weight is 436 g/mol. The Bertz CT molecular complexity index is 1010.